The molecule has 1 atom stereocenters. The zero-order chi connectivity index (χ0) is 14.0. The molecular formula is C13H19N3O2S. The minimum atomic E-state index is -0.380. The quantitative estimate of drug-likeness (QED) is 0.838. The van der Waals surface area contributed by atoms with Gasteiger partial charge in [0.2, 0.25) is 11.8 Å². The molecule has 1 fully saturated rings. The van der Waals surface area contributed by atoms with Crippen molar-refractivity contribution >= 4 is 23.2 Å². The van der Waals surface area contributed by atoms with E-state index in [1.807, 2.05) is 13.8 Å². The third kappa shape index (κ3) is 2.78. The van der Waals surface area contributed by atoms with Crippen molar-refractivity contribution < 1.29 is 9.59 Å². The molecule has 0 aliphatic carbocycles. The first-order valence-corrected chi connectivity index (χ1v) is 7.39. The summed E-state index contributed by atoms with van der Waals surface area (Å²) in [6.07, 6.45) is 0.875. The average Bonchev–Trinajstić information content (AvgIpc) is 2.77. The van der Waals surface area contributed by atoms with E-state index in [1.165, 1.54) is 11.3 Å². The van der Waals surface area contributed by atoms with Crippen LogP contribution in [0.25, 0.3) is 0 Å². The number of amides is 2. The van der Waals surface area contributed by atoms with E-state index in [4.69, 9.17) is 0 Å². The average molecular weight is 281 g/mol. The Labute approximate surface area is 117 Å². The number of aromatic nitrogens is 1. The maximum Gasteiger partial charge on any atom is 0.245 e. The number of piperazine rings is 1. The highest BCUT2D eigenvalue weighted by Crippen LogP contribution is 2.20. The second-order valence-corrected chi connectivity index (χ2v) is 5.76. The lowest BCUT2D eigenvalue weighted by Gasteiger charge is -2.38. The molecule has 1 aliphatic heterocycles. The highest BCUT2D eigenvalue weighted by molar-refractivity contribution is 7.09. The van der Waals surface area contributed by atoms with Gasteiger partial charge < -0.3 is 9.80 Å². The van der Waals surface area contributed by atoms with Gasteiger partial charge in [-0.15, -0.1) is 11.3 Å². The number of carbonyl (C=O) groups is 2. The number of thiazole rings is 1. The summed E-state index contributed by atoms with van der Waals surface area (Å²) < 4.78 is 0. The lowest BCUT2D eigenvalue weighted by atomic mass is 10.1. The van der Waals surface area contributed by atoms with Crippen LogP contribution in [-0.2, 0) is 16.1 Å². The topological polar surface area (TPSA) is 53.5 Å². The summed E-state index contributed by atoms with van der Waals surface area (Å²) in [5.74, 6) is 0.0666. The minimum absolute atomic E-state index is 0.0216. The first-order chi connectivity index (χ1) is 9.04. The zero-order valence-electron chi connectivity index (χ0n) is 11.5. The summed E-state index contributed by atoms with van der Waals surface area (Å²) in [5.41, 5.74) is 2.71. The molecule has 1 aromatic heterocycles. The van der Waals surface area contributed by atoms with Crippen molar-refractivity contribution in [2.24, 2.45) is 0 Å². The number of aryl methyl sites for hydroxylation is 1. The molecule has 2 rings (SSSR count). The maximum absolute atomic E-state index is 12.2. The maximum atomic E-state index is 12.2. The molecule has 0 radical (unpaired) electrons. The van der Waals surface area contributed by atoms with Crippen molar-refractivity contribution in [2.45, 2.75) is 39.8 Å². The van der Waals surface area contributed by atoms with Gasteiger partial charge in [-0.1, -0.05) is 6.92 Å². The van der Waals surface area contributed by atoms with Crippen LogP contribution in [0.4, 0.5) is 0 Å². The lowest BCUT2D eigenvalue weighted by Crippen LogP contribution is -2.58. The SMILES string of the molecule is CCCN1CC(=O)N(Cc2scnc2C)[C@@H](C)C1=O. The Morgan fingerprint density at radius 2 is 2.21 bits per heavy atom. The van der Waals surface area contributed by atoms with Crippen molar-refractivity contribution in [2.75, 3.05) is 13.1 Å². The zero-order valence-corrected chi connectivity index (χ0v) is 12.4. The molecule has 6 heteroatoms. The van der Waals surface area contributed by atoms with E-state index in [2.05, 4.69) is 4.98 Å². The van der Waals surface area contributed by atoms with Crippen LogP contribution < -0.4 is 0 Å². The van der Waals surface area contributed by atoms with Crippen LogP contribution >= 0.6 is 11.3 Å². The van der Waals surface area contributed by atoms with Gasteiger partial charge in [-0.3, -0.25) is 9.59 Å². The standard InChI is InChI=1S/C13H19N3O2S/c1-4-5-15-7-12(17)16(10(3)13(15)18)6-11-9(2)14-8-19-11/h8,10H,4-7H2,1-3H3/t10-/m0/s1. The third-order valence-electron chi connectivity index (χ3n) is 3.44. The fourth-order valence-corrected chi connectivity index (χ4v) is 3.04. The van der Waals surface area contributed by atoms with Crippen molar-refractivity contribution in [3.8, 4) is 0 Å². The van der Waals surface area contributed by atoms with Gasteiger partial charge in [0.1, 0.15) is 6.04 Å². The molecule has 1 saturated heterocycles. The summed E-state index contributed by atoms with van der Waals surface area (Å²) in [7, 11) is 0. The molecule has 1 aromatic rings. The van der Waals surface area contributed by atoms with Crippen LogP contribution in [0.3, 0.4) is 0 Å². The molecule has 0 unspecified atom stereocenters. The molecule has 5 nitrogen and oxygen atoms in total. The first-order valence-electron chi connectivity index (χ1n) is 6.51. The Kier molecular flexibility index (Phi) is 4.19. The highest BCUT2D eigenvalue weighted by Gasteiger charge is 2.36. The Morgan fingerprint density at radius 1 is 1.47 bits per heavy atom. The van der Waals surface area contributed by atoms with Crippen molar-refractivity contribution in [3.63, 3.8) is 0 Å². The molecule has 104 valence electrons. The van der Waals surface area contributed by atoms with Crippen LogP contribution in [0.15, 0.2) is 5.51 Å². The lowest BCUT2D eigenvalue weighted by molar-refractivity contribution is -0.155. The number of nitrogens with zero attached hydrogens (tertiary/aromatic N) is 3. The summed E-state index contributed by atoms with van der Waals surface area (Å²) in [5, 5.41) is 0. The van der Waals surface area contributed by atoms with Crippen LogP contribution in [0.2, 0.25) is 0 Å². The van der Waals surface area contributed by atoms with Crippen LogP contribution in [-0.4, -0.2) is 45.7 Å². The monoisotopic (exact) mass is 281 g/mol. The van der Waals surface area contributed by atoms with E-state index in [1.54, 1.807) is 22.2 Å². The molecule has 0 N–H and O–H groups in total. The van der Waals surface area contributed by atoms with Crippen molar-refractivity contribution in [1.82, 2.24) is 14.8 Å². The van der Waals surface area contributed by atoms with Gasteiger partial charge in [0.05, 0.1) is 24.3 Å². The summed E-state index contributed by atoms with van der Waals surface area (Å²) in [4.78, 5) is 32.9. The van der Waals surface area contributed by atoms with E-state index in [0.717, 1.165) is 17.0 Å². The normalized spacial score (nSPS) is 20.3. The minimum Gasteiger partial charge on any atom is -0.332 e. The largest absolute Gasteiger partial charge is 0.332 e. The van der Waals surface area contributed by atoms with Crippen molar-refractivity contribution in [1.29, 1.82) is 0 Å². The number of hydrogen-bond acceptors (Lipinski definition) is 4. The Bertz CT molecular complexity index is 486. The second kappa shape index (κ2) is 5.69. The van der Waals surface area contributed by atoms with Gasteiger partial charge in [-0.2, -0.15) is 0 Å². The van der Waals surface area contributed by atoms with E-state index in [-0.39, 0.29) is 24.4 Å². The van der Waals surface area contributed by atoms with Gasteiger partial charge in [0.15, 0.2) is 0 Å². The second-order valence-electron chi connectivity index (χ2n) is 4.82. The van der Waals surface area contributed by atoms with Crippen LogP contribution in [0, 0.1) is 6.92 Å². The first kappa shape index (κ1) is 14.0. The fourth-order valence-electron chi connectivity index (χ4n) is 2.26. The van der Waals surface area contributed by atoms with Gasteiger partial charge in [0, 0.05) is 11.4 Å². The predicted molar refractivity (Wildman–Crippen MR) is 73.7 cm³/mol. The van der Waals surface area contributed by atoms with Gasteiger partial charge in [0.25, 0.3) is 0 Å². The number of carbonyl (C=O) groups excluding carboxylic acids is 2. The molecule has 2 heterocycles. The Hall–Kier alpha value is -1.43. The Morgan fingerprint density at radius 3 is 2.79 bits per heavy atom. The van der Waals surface area contributed by atoms with E-state index in [9.17, 15) is 9.59 Å². The highest BCUT2D eigenvalue weighted by atomic mass is 32.1. The van der Waals surface area contributed by atoms with Gasteiger partial charge in [-0.05, 0) is 20.3 Å². The van der Waals surface area contributed by atoms with E-state index < -0.39 is 0 Å². The molecule has 0 aromatic carbocycles. The molecule has 0 saturated carbocycles. The van der Waals surface area contributed by atoms with E-state index >= 15 is 0 Å². The smallest absolute Gasteiger partial charge is 0.245 e. The summed E-state index contributed by atoms with van der Waals surface area (Å²) in [6.45, 7) is 7.09. The Balaban J connectivity index is 2.12. The molecular weight excluding hydrogens is 262 g/mol. The van der Waals surface area contributed by atoms with E-state index in [0.29, 0.717) is 13.1 Å². The predicted octanol–water partition coefficient (Wildman–Crippen LogP) is 1.42. The molecule has 1 aliphatic rings. The fraction of sp³-hybridized carbons (Fsp3) is 0.615. The third-order valence-corrected chi connectivity index (χ3v) is 4.36. The van der Waals surface area contributed by atoms with Gasteiger partial charge in [-0.25, -0.2) is 4.98 Å². The summed E-state index contributed by atoms with van der Waals surface area (Å²) in [6, 6.07) is -0.380. The van der Waals surface area contributed by atoms with Crippen LogP contribution in [0.5, 0.6) is 0 Å². The number of rotatable bonds is 4. The summed E-state index contributed by atoms with van der Waals surface area (Å²) >= 11 is 1.53. The van der Waals surface area contributed by atoms with Gasteiger partial charge >= 0.3 is 0 Å². The number of hydrogen-bond donors (Lipinski definition) is 0. The molecule has 0 spiro atoms. The molecule has 2 amide bonds. The molecule has 0 bridgehead atoms. The molecule has 19 heavy (non-hydrogen) atoms. The van der Waals surface area contributed by atoms with Crippen molar-refractivity contribution in [3.05, 3.63) is 16.1 Å². The van der Waals surface area contributed by atoms with Crippen LogP contribution in [0.1, 0.15) is 30.8 Å².